The molecule has 1 aromatic carbocycles. The van der Waals surface area contributed by atoms with Crippen molar-refractivity contribution in [2.45, 2.75) is 50.7 Å². The summed E-state index contributed by atoms with van der Waals surface area (Å²) in [4.78, 5) is 12.3. The van der Waals surface area contributed by atoms with E-state index >= 15 is 0 Å². The van der Waals surface area contributed by atoms with Gasteiger partial charge in [0, 0.05) is 16.0 Å². The van der Waals surface area contributed by atoms with E-state index in [1.807, 2.05) is 43.0 Å². The summed E-state index contributed by atoms with van der Waals surface area (Å²) in [7, 11) is 0. The SMILES string of the molecule is CCOC(=O)C(CSC1CCCCC1)Cc1ccccc1Cl. The van der Waals surface area contributed by atoms with Crippen LogP contribution in [0.1, 0.15) is 44.6 Å². The Hall–Kier alpha value is -0.670. The largest absolute Gasteiger partial charge is 0.466 e. The van der Waals surface area contributed by atoms with Crippen LogP contribution in [0, 0.1) is 5.92 Å². The van der Waals surface area contributed by atoms with Gasteiger partial charge in [-0.1, -0.05) is 49.1 Å². The molecule has 1 atom stereocenters. The second-order valence-electron chi connectivity index (χ2n) is 5.84. The fourth-order valence-electron chi connectivity index (χ4n) is 2.88. The molecule has 0 aromatic heterocycles. The Kier molecular flexibility index (Phi) is 7.61. The molecule has 0 aliphatic heterocycles. The zero-order valence-electron chi connectivity index (χ0n) is 13.2. The van der Waals surface area contributed by atoms with Crippen molar-refractivity contribution in [3.63, 3.8) is 0 Å². The van der Waals surface area contributed by atoms with Gasteiger partial charge in [-0.25, -0.2) is 0 Å². The fourth-order valence-corrected chi connectivity index (χ4v) is 4.52. The molecule has 0 spiro atoms. The van der Waals surface area contributed by atoms with Crippen LogP contribution in [0.5, 0.6) is 0 Å². The van der Waals surface area contributed by atoms with E-state index in [4.69, 9.17) is 16.3 Å². The van der Waals surface area contributed by atoms with Crippen LogP contribution in [0.15, 0.2) is 24.3 Å². The fraction of sp³-hybridized carbons (Fsp3) is 0.611. The maximum absolute atomic E-state index is 12.3. The van der Waals surface area contributed by atoms with Crippen LogP contribution in [-0.2, 0) is 16.0 Å². The molecule has 4 heteroatoms. The van der Waals surface area contributed by atoms with E-state index in [0.717, 1.165) is 16.3 Å². The van der Waals surface area contributed by atoms with Crippen LogP contribution in [0.25, 0.3) is 0 Å². The first kappa shape index (κ1) is 17.7. The van der Waals surface area contributed by atoms with Crippen molar-refractivity contribution in [2.24, 2.45) is 5.92 Å². The van der Waals surface area contributed by atoms with Crippen LogP contribution in [0.4, 0.5) is 0 Å². The monoisotopic (exact) mass is 340 g/mol. The first-order valence-electron chi connectivity index (χ1n) is 8.22. The molecule has 1 saturated carbocycles. The lowest BCUT2D eigenvalue weighted by atomic mass is 10.0. The third-order valence-electron chi connectivity index (χ3n) is 4.13. The zero-order chi connectivity index (χ0) is 15.8. The maximum atomic E-state index is 12.3. The van der Waals surface area contributed by atoms with E-state index in [1.54, 1.807) is 0 Å². The number of carbonyl (C=O) groups excluding carboxylic acids is 1. The van der Waals surface area contributed by atoms with E-state index in [2.05, 4.69) is 0 Å². The number of benzene rings is 1. The van der Waals surface area contributed by atoms with E-state index in [9.17, 15) is 4.79 Å². The Morgan fingerprint density at radius 1 is 1.32 bits per heavy atom. The Morgan fingerprint density at radius 3 is 2.73 bits per heavy atom. The molecular formula is C18H25ClO2S. The third kappa shape index (κ3) is 5.51. The van der Waals surface area contributed by atoms with Crippen molar-refractivity contribution < 1.29 is 9.53 Å². The highest BCUT2D eigenvalue weighted by atomic mass is 35.5. The maximum Gasteiger partial charge on any atom is 0.310 e. The second-order valence-corrected chi connectivity index (χ2v) is 7.58. The van der Waals surface area contributed by atoms with E-state index in [-0.39, 0.29) is 11.9 Å². The van der Waals surface area contributed by atoms with Crippen molar-refractivity contribution in [3.8, 4) is 0 Å². The van der Waals surface area contributed by atoms with Gasteiger partial charge in [0.2, 0.25) is 0 Å². The minimum Gasteiger partial charge on any atom is -0.466 e. The summed E-state index contributed by atoms with van der Waals surface area (Å²) in [6, 6.07) is 7.77. The average molecular weight is 341 g/mol. The molecule has 2 rings (SSSR count). The molecular weight excluding hydrogens is 316 g/mol. The van der Waals surface area contributed by atoms with Gasteiger partial charge in [-0.05, 0) is 37.8 Å². The molecule has 1 aliphatic rings. The van der Waals surface area contributed by atoms with E-state index < -0.39 is 0 Å². The molecule has 122 valence electrons. The normalized spacial score (nSPS) is 17.2. The first-order valence-corrected chi connectivity index (χ1v) is 9.65. The molecule has 1 aliphatic carbocycles. The molecule has 22 heavy (non-hydrogen) atoms. The van der Waals surface area contributed by atoms with Crippen LogP contribution in [0.2, 0.25) is 5.02 Å². The zero-order valence-corrected chi connectivity index (χ0v) is 14.8. The van der Waals surface area contributed by atoms with E-state index in [1.165, 1.54) is 32.1 Å². The molecule has 0 saturated heterocycles. The van der Waals surface area contributed by atoms with Gasteiger partial charge in [0.05, 0.1) is 12.5 Å². The van der Waals surface area contributed by atoms with Crippen LogP contribution in [0.3, 0.4) is 0 Å². The number of thioether (sulfide) groups is 1. The molecule has 0 amide bonds. The lowest BCUT2D eigenvalue weighted by Gasteiger charge is -2.23. The number of ether oxygens (including phenoxy) is 1. The lowest BCUT2D eigenvalue weighted by Crippen LogP contribution is -2.24. The van der Waals surface area contributed by atoms with Gasteiger partial charge in [-0.3, -0.25) is 4.79 Å². The summed E-state index contributed by atoms with van der Waals surface area (Å²) in [6.07, 6.45) is 7.24. The molecule has 0 bridgehead atoms. The quantitative estimate of drug-likeness (QED) is 0.644. The van der Waals surface area contributed by atoms with Gasteiger partial charge in [0.1, 0.15) is 0 Å². The molecule has 1 fully saturated rings. The molecule has 0 heterocycles. The number of rotatable bonds is 7. The Bertz CT molecular complexity index is 472. The van der Waals surface area contributed by atoms with Gasteiger partial charge >= 0.3 is 5.97 Å². The third-order valence-corrected chi connectivity index (χ3v) is 6.04. The topological polar surface area (TPSA) is 26.3 Å². The van der Waals surface area contributed by atoms with E-state index in [0.29, 0.717) is 18.3 Å². The molecule has 0 radical (unpaired) electrons. The van der Waals surface area contributed by atoms with Gasteiger partial charge < -0.3 is 4.74 Å². The van der Waals surface area contributed by atoms with Crippen LogP contribution >= 0.6 is 23.4 Å². The average Bonchev–Trinajstić information content (AvgIpc) is 2.54. The highest BCUT2D eigenvalue weighted by Crippen LogP contribution is 2.31. The van der Waals surface area contributed by atoms with Crippen molar-refractivity contribution in [2.75, 3.05) is 12.4 Å². The highest BCUT2D eigenvalue weighted by Gasteiger charge is 2.24. The number of esters is 1. The summed E-state index contributed by atoms with van der Waals surface area (Å²) in [5, 5.41) is 1.44. The molecule has 1 aromatic rings. The summed E-state index contributed by atoms with van der Waals surface area (Å²) >= 11 is 8.18. The predicted octanol–water partition coefficient (Wildman–Crippen LogP) is 5.13. The van der Waals surface area contributed by atoms with Crippen LogP contribution in [-0.4, -0.2) is 23.6 Å². The van der Waals surface area contributed by atoms with Crippen molar-refractivity contribution in [1.29, 1.82) is 0 Å². The second kappa shape index (κ2) is 9.46. The number of carbonyl (C=O) groups is 1. The van der Waals surface area contributed by atoms with Crippen LogP contribution < -0.4 is 0 Å². The Morgan fingerprint density at radius 2 is 2.05 bits per heavy atom. The summed E-state index contributed by atoms with van der Waals surface area (Å²) in [5.74, 6) is 0.631. The molecule has 2 nitrogen and oxygen atoms in total. The van der Waals surface area contributed by atoms with Gasteiger partial charge in [-0.2, -0.15) is 11.8 Å². The number of hydrogen-bond acceptors (Lipinski definition) is 3. The first-order chi connectivity index (χ1) is 10.7. The van der Waals surface area contributed by atoms with Gasteiger partial charge in [0.25, 0.3) is 0 Å². The number of hydrogen-bond donors (Lipinski definition) is 0. The summed E-state index contributed by atoms with van der Waals surface area (Å²) < 4.78 is 5.26. The Labute approximate surface area is 143 Å². The summed E-state index contributed by atoms with van der Waals surface area (Å²) in [6.45, 7) is 2.30. The number of halogens is 1. The van der Waals surface area contributed by atoms with Crippen molar-refractivity contribution in [1.82, 2.24) is 0 Å². The summed E-state index contributed by atoms with van der Waals surface area (Å²) in [5.41, 5.74) is 1.03. The molecule has 0 N–H and O–H groups in total. The Balaban J connectivity index is 1.96. The smallest absolute Gasteiger partial charge is 0.310 e. The van der Waals surface area contributed by atoms with Crippen molar-refractivity contribution >= 4 is 29.3 Å². The highest BCUT2D eigenvalue weighted by molar-refractivity contribution is 7.99. The standard InChI is InChI=1S/C18H25ClO2S/c1-2-21-18(20)15(12-14-8-6-7-11-17(14)19)13-22-16-9-4-3-5-10-16/h6-8,11,15-16H,2-5,9-10,12-13H2,1H3. The van der Waals surface area contributed by atoms with Gasteiger partial charge in [-0.15, -0.1) is 0 Å². The molecule has 1 unspecified atom stereocenters. The minimum atomic E-state index is -0.105. The van der Waals surface area contributed by atoms with Crippen molar-refractivity contribution in [3.05, 3.63) is 34.9 Å². The predicted molar refractivity (Wildman–Crippen MR) is 94.6 cm³/mol. The lowest BCUT2D eigenvalue weighted by molar-refractivity contribution is -0.147. The van der Waals surface area contributed by atoms with Gasteiger partial charge in [0.15, 0.2) is 0 Å². The minimum absolute atomic E-state index is 0.0919.